The van der Waals surface area contributed by atoms with Crippen LogP contribution in [0.2, 0.25) is 5.02 Å². The van der Waals surface area contributed by atoms with E-state index in [-0.39, 0.29) is 0 Å². The molecule has 18 heavy (non-hydrogen) atoms. The molecule has 0 aromatic heterocycles. The van der Waals surface area contributed by atoms with Gasteiger partial charge in [-0.25, -0.2) is 0 Å². The number of hydrogen-bond donors (Lipinski definition) is 2. The van der Waals surface area contributed by atoms with Crippen LogP contribution in [0.5, 0.6) is 0 Å². The summed E-state index contributed by atoms with van der Waals surface area (Å²) < 4.78 is 1.05. The van der Waals surface area contributed by atoms with Crippen LogP contribution < -0.4 is 11.1 Å². The maximum absolute atomic E-state index is 6.05. The summed E-state index contributed by atoms with van der Waals surface area (Å²) in [4.78, 5) is 0. The maximum Gasteiger partial charge on any atom is 0.0656 e. The van der Waals surface area contributed by atoms with Gasteiger partial charge in [0.2, 0.25) is 0 Å². The number of nitrogens with two attached hydrogens (primary N) is 1. The van der Waals surface area contributed by atoms with E-state index in [9.17, 15) is 0 Å². The minimum Gasteiger partial charge on any atom is -0.398 e. The lowest BCUT2D eigenvalue weighted by Gasteiger charge is -2.13. The van der Waals surface area contributed by atoms with Gasteiger partial charge in [0.15, 0.2) is 0 Å². The molecule has 3 N–H and O–H groups in total. The molecule has 0 spiro atoms. The second-order valence-corrected chi connectivity index (χ2v) is 5.45. The van der Waals surface area contributed by atoms with E-state index in [1.165, 1.54) is 5.56 Å². The molecule has 0 unspecified atom stereocenters. The average Bonchev–Trinajstić information content (AvgIpc) is 2.32. The zero-order valence-corrected chi connectivity index (χ0v) is 12.6. The van der Waals surface area contributed by atoms with Crippen molar-refractivity contribution in [3.05, 3.63) is 51.0 Å². The van der Waals surface area contributed by atoms with Crippen LogP contribution in [0.1, 0.15) is 11.1 Å². The normalized spacial score (nSPS) is 10.4. The molecule has 2 rings (SSSR count). The number of nitrogens with one attached hydrogen (secondary N) is 1. The summed E-state index contributed by atoms with van der Waals surface area (Å²) in [6.07, 6.45) is 0. The minimum absolute atomic E-state index is 0.562. The van der Waals surface area contributed by atoms with Crippen LogP contribution >= 0.6 is 27.5 Å². The first-order valence-electron chi connectivity index (χ1n) is 5.57. The molecule has 94 valence electrons. The predicted molar refractivity (Wildman–Crippen MR) is 82.8 cm³/mol. The highest BCUT2D eigenvalue weighted by atomic mass is 79.9. The van der Waals surface area contributed by atoms with Crippen LogP contribution in [-0.4, -0.2) is 0 Å². The Labute approximate surface area is 120 Å². The standard InChI is InChI=1S/C14H14BrClN2/c1-8-4-3-5-12(14(8)15)18-13-7-10(16)11(17)6-9(13)2/h3-7,18H,17H2,1-2H3. The third kappa shape index (κ3) is 2.62. The van der Waals surface area contributed by atoms with Gasteiger partial charge in [0.05, 0.1) is 16.4 Å². The Kier molecular flexibility index (Phi) is 3.83. The SMILES string of the molecule is Cc1cc(N)c(Cl)cc1Nc1cccc(C)c1Br. The quantitative estimate of drug-likeness (QED) is 0.759. The molecule has 0 aliphatic carbocycles. The van der Waals surface area contributed by atoms with E-state index in [2.05, 4.69) is 34.2 Å². The number of hydrogen-bond acceptors (Lipinski definition) is 2. The van der Waals surface area contributed by atoms with Crippen molar-refractivity contribution in [2.24, 2.45) is 0 Å². The lowest BCUT2D eigenvalue weighted by atomic mass is 10.1. The number of nitrogen functional groups attached to an aromatic ring is 1. The first-order chi connectivity index (χ1) is 8.49. The third-order valence-electron chi connectivity index (χ3n) is 2.80. The highest BCUT2D eigenvalue weighted by molar-refractivity contribution is 9.10. The van der Waals surface area contributed by atoms with Gasteiger partial charge in [-0.2, -0.15) is 0 Å². The number of benzene rings is 2. The average molecular weight is 326 g/mol. The van der Waals surface area contributed by atoms with Gasteiger partial charge in [-0.05, 0) is 59.1 Å². The number of rotatable bonds is 2. The first-order valence-corrected chi connectivity index (χ1v) is 6.74. The van der Waals surface area contributed by atoms with Crippen molar-refractivity contribution >= 4 is 44.6 Å². The summed E-state index contributed by atoms with van der Waals surface area (Å²) >= 11 is 9.62. The Morgan fingerprint density at radius 2 is 1.83 bits per heavy atom. The van der Waals surface area contributed by atoms with Gasteiger partial charge in [-0.1, -0.05) is 23.7 Å². The zero-order chi connectivity index (χ0) is 13.3. The largest absolute Gasteiger partial charge is 0.398 e. The monoisotopic (exact) mass is 324 g/mol. The number of halogens is 2. The highest BCUT2D eigenvalue weighted by Gasteiger charge is 2.07. The van der Waals surface area contributed by atoms with Gasteiger partial charge >= 0.3 is 0 Å². The van der Waals surface area contributed by atoms with Gasteiger partial charge < -0.3 is 11.1 Å². The lowest BCUT2D eigenvalue weighted by molar-refractivity contribution is 1.39. The van der Waals surface area contributed by atoms with Crippen molar-refractivity contribution in [1.29, 1.82) is 0 Å². The Hall–Kier alpha value is -1.19. The molecule has 0 saturated carbocycles. The van der Waals surface area contributed by atoms with E-state index in [1.54, 1.807) is 0 Å². The summed E-state index contributed by atoms with van der Waals surface area (Å²) in [5, 5.41) is 3.92. The summed E-state index contributed by atoms with van der Waals surface area (Å²) in [5.74, 6) is 0. The second kappa shape index (κ2) is 5.21. The fraction of sp³-hybridized carbons (Fsp3) is 0.143. The molecule has 2 nitrogen and oxygen atoms in total. The molecular weight excluding hydrogens is 312 g/mol. The molecule has 0 amide bonds. The van der Waals surface area contributed by atoms with Gasteiger partial charge in [0, 0.05) is 10.2 Å². The smallest absolute Gasteiger partial charge is 0.0656 e. The molecule has 0 atom stereocenters. The van der Waals surface area contributed by atoms with Crippen LogP contribution in [0.4, 0.5) is 17.1 Å². The molecule has 4 heteroatoms. The summed E-state index contributed by atoms with van der Waals surface area (Å²) in [7, 11) is 0. The molecule has 0 heterocycles. The molecule has 0 aliphatic heterocycles. The van der Waals surface area contributed by atoms with E-state index in [0.29, 0.717) is 10.7 Å². The van der Waals surface area contributed by atoms with E-state index in [4.69, 9.17) is 17.3 Å². The topological polar surface area (TPSA) is 38.0 Å². The van der Waals surface area contributed by atoms with Gasteiger partial charge in [0.25, 0.3) is 0 Å². The second-order valence-electron chi connectivity index (χ2n) is 4.25. The third-order valence-corrected chi connectivity index (χ3v) is 4.18. The molecule has 0 aliphatic rings. The van der Waals surface area contributed by atoms with Crippen LogP contribution in [-0.2, 0) is 0 Å². The van der Waals surface area contributed by atoms with Crippen LogP contribution in [0.15, 0.2) is 34.8 Å². The maximum atomic E-state index is 6.05. The van der Waals surface area contributed by atoms with Gasteiger partial charge in [-0.15, -0.1) is 0 Å². The molecule has 0 radical (unpaired) electrons. The van der Waals surface area contributed by atoms with Gasteiger partial charge in [-0.3, -0.25) is 0 Å². The van der Waals surface area contributed by atoms with Crippen LogP contribution in [0.3, 0.4) is 0 Å². The molecular formula is C14H14BrClN2. The van der Waals surface area contributed by atoms with Crippen molar-refractivity contribution in [3.63, 3.8) is 0 Å². The minimum atomic E-state index is 0.562. The summed E-state index contributed by atoms with van der Waals surface area (Å²) in [5.41, 5.74) is 10.6. The zero-order valence-electron chi connectivity index (χ0n) is 10.2. The van der Waals surface area contributed by atoms with Crippen molar-refractivity contribution in [2.45, 2.75) is 13.8 Å². The predicted octanol–water partition coefficient (Wildman–Crippen LogP) is 5.05. The van der Waals surface area contributed by atoms with Crippen LogP contribution in [0, 0.1) is 13.8 Å². The summed E-state index contributed by atoms with van der Waals surface area (Å²) in [6.45, 7) is 4.05. The number of aryl methyl sites for hydroxylation is 2. The van der Waals surface area contributed by atoms with Crippen molar-refractivity contribution in [2.75, 3.05) is 11.1 Å². The Morgan fingerprint density at radius 1 is 1.11 bits per heavy atom. The fourth-order valence-corrected chi connectivity index (χ4v) is 2.25. The highest BCUT2D eigenvalue weighted by Crippen LogP contribution is 2.32. The fourth-order valence-electron chi connectivity index (χ4n) is 1.73. The van der Waals surface area contributed by atoms with Crippen molar-refractivity contribution < 1.29 is 0 Å². The molecule has 0 saturated heterocycles. The Balaban J connectivity index is 2.40. The van der Waals surface area contributed by atoms with E-state index in [1.807, 2.05) is 31.2 Å². The molecule has 2 aromatic carbocycles. The lowest BCUT2D eigenvalue weighted by Crippen LogP contribution is -1.97. The van der Waals surface area contributed by atoms with Crippen LogP contribution in [0.25, 0.3) is 0 Å². The van der Waals surface area contributed by atoms with E-state index in [0.717, 1.165) is 21.4 Å². The van der Waals surface area contributed by atoms with Crippen molar-refractivity contribution in [3.8, 4) is 0 Å². The molecule has 0 fully saturated rings. The molecule has 0 bridgehead atoms. The van der Waals surface area contributed by atoms with Crippen molar-refractivity contribution in [1.82, 2.24) is 0 Å². The summed E-state index contributed by atoms with van der Waals surface area (Å²) in [6, 6.07) is 9.80. The Bertz CT molecular complexity index is 597. The van der Waals surface area contributed by atoms with Gasteiger partial charge in [0.1, 0.15) is 0 Å². The van der Waals surface area contributed by atoms with E-state index >= 15 is 0 Å². The number of anilines is 3. The molecule has 2 aromatic rings. The van der Waals surface area contributed by atoms with E-state index < -0.39 is 0 Å². The first kappa shape index (κ1) is 13.2. The Morgan fingerprint density at radius 3 is 2.56 bits per heavy atom.